The minimum Gasteiger partial charge on any atom is -1.00 e. The number of carboxylic acids is 1. The molecule has 0 aliphatic carbocycles. The fourth-order valence-electron chi connectivity index (χ4n) is 1.80. The van der Waals surface area contributed by atoms with Gasteiger partial charge in [0.25, 0.3) is 10.1 Å². The Labute approximate surface area is 178 Å². The number of unbranched alkanes of at least 4 members (excludes halogenated alkanes) is 3. The summed E-state index contributed by atoms with van der Waals surface area (Å²) in [5, 5.41) is 6.84. The third-order valence-electron chi connectivity index (χ3n) is 2.92. The van der Waals surface area contributed by atoms with Gasteiger partial charge in [0.1, 0.15) is 0 Å². The minimum atomic E-state index is -4.82. The summed E-state index contributed by atoms with van der Waals surface area (Å²) in [5.74, 6) is -4.19. The van der Waals surface area contributed by atoms with Crippen LogP contribution in [-0.4, -0.2) is 41.9 Å². The standard InChI is InChI=1S/C12H22O7S.2Na.2H/c1-3-5-6-7-8-19-12(15)10(20(16,17)18)9(4-2)11(13)14;;;;/h9-10H,3-8H2,1-2H3,(H,13,14)(H,16,17,18);;;;/q;2*+1;2*-1. The van der Waals surface area contributed by atoms with E-state index >= 15 is 0 Å². The predicted octanol–water partition coefficient (Wildman–Crippen LogP) is -4.29. The third-order valence-corrected chi connectivity index (χ3v) is 4.08. The maximum absolute atomic E-state index is 11.7. The molecule has 0 amide bonds. The van der Waals surface area contributed by atoms with E-state index in [0.29, 0.717) is 6.42 Å². The number of hydrogen-bond acceptors (Lipinski definition) is 5. The van der Waals surface area contributed by atoms with Crippen LogP contribution in [0, 0.1) is 5.92 Å². The van der Waals surface area contributed by atoms with Crippen molar-refractivity contribution >= 4 is 22.1 Å². The zero-order valence-electron chi connectivity index (χ0n) is 15.7. The molecule has 0 saturated carbocycles. The van der Waals surface area contributed by atoms with Gasteiger partial charge in [-0.3, -0.25) is 14.1 Å². The van der Waals surface area contributed by atoms with E-state index in [9.17, 15) is 18.0 Å². The van der Waals surface area contributed by atoms with Gasteiger partial charge in [-0.05, 0) is 12.8 Å². The molecule has 22 heavy (non-hydrogen) atoms. The second-order valence-electron chi connectivity index (χ2n) is 4.52. The molecule has 0 aliphatic heterocycles. The molecule has 0 aliphatic rings. The van der Waals surface area contributed by atoms with Crippen molar-refractivity contribution in [2.45, 2.75) is 51.2 Å². The summed E-state index contributed by atoms with van der Waals surface area (Å²) in [5.41, 5.74) is 0. The molecule has 0 aromatic heterocycles. The molecular weight excluding hydrogens is 334 g/mol. The van der Waals surface area contributed by atoms with Gasteiger partial charge >= 0.3 is 71.1 Å². The number of hydrogen-bond donors (Lipinski definition) is 2. The summed E-state index contributed by atoms with van der Waals surface area (Å²) in [6, 6.07) is 0. The number of aliphatic carboxylic acids is 1. The summed E-state index contributed by atoms with van der Waals surface area (Å²) in [6.07, 6.45) is 3.26. The van der Waals surface area contributed by atoms with Crippen molar-refractivity contribution in [2.75, 3.05) is 6.61 Å². The second-order valence-corrected chi connectivity index (χ2v) is 6.05. The smallest absolute Gasteiger partial charge is 1.00 e. The summed E-state index contributed by atoms with van der Waals surface area (Å²) in [7, 11) is -4.82. The molecule has 0 spiro atoms. The largest absolute Gasteiger partial charge is 1.00 e. The fourth-order valence-corrected chi connectivity index (χ4v) is 2.83. The molecule has 10 heteroatoms. The van der Waals surface area contributed by atoms with Crippen molar-refractivity contribution in [1.29, 1.82) is 0 Å². The molecule has 122 valence electrons. The zero-order chi connectivity index (χ0) is 15.8. The van der Waals surface area contributed by atoms with E-state index < -0.39 is 33.2 Å². The van der Waals surface area contributed by atoms with E-state index in [0.717, 1.165) is 19.3 Å². The molecule has 2 unspecified atom stereocenters. The van der Waals surface area contributed by atoms with Crippen molar-refractivity contribution in [3.8, 4) is 0 Å². The summed E-state index contributed by atoms with van der Waals surface area (Å²) in [4.78, 5) is 22.7. The van der Waals surface area contributed by atoms with Gasteiger partial charge in [0, 0.05) is 0 Å². The van der Waals surface area contributed by atoms with Crippen molar-refractivity contribution in [2.24, 2.45) is 5.92 Å². The van der Waals surface area contributed by atoms with Crippen LogP contribution in [-0.2, 0) is 24.4 Å². The van der Waals surface area contributed by atoms with Gasteiger partial charge in [-0.15, -0.1) is 0 Å². The Kier molecular flexibility index (Phi) is 17.9. The van der Waals surface area contributed by atoms with Gasteiger partial charge < -0.3 is 12.7 Å². The maximum atomic E-state index is 11.7. The van der Waals surface area contributed by atoms with Crippen LogP contribution in [0.1, 0.15) is 48.8 Å². The van der Waals surface area contributed by atoms with Crippen LogP contribution < -0.4 is 59.1 Å². The first-order valence-corrected chi connectivity index (χ1v) is 8.11. The summed E-state index contributed by atoms with van der Waals surface area (Å²) < 4.78 is 36.2. The molecule has 0 bridgehead atoms. The van der Waals surface area contributed by atoms with Gasteiger partial charge in [0.2, 0.25) is 0 Å². The van der Waals surface area contributed by atoms with Crippen LogP contribution in [0.25, 0.3) is 0 Å². The van der Waals surface area contributed by atoms with Crippen LogP contribution in [0.2, 0.25) is 0 Å². The first-order chi connectivity index (χ1) is 9.25. The Bertz CT molecular complexity index is 435. The van der Waals surface area contributed by atoms with Crippen LogP contribution >= 0.6 is 0 Å². The molecule has 0 radical (unpaired) electrons. The number of carbonyl (C=O) groups is 2. The van der Waals surface area contributed by atoms with E-state index in [4.69, 9.17) is 14.4 Å². The van der Waals surface area contributed by atoms with Gasteiger partial charge in [0.05, 0.1) is 12.5 Å². The van der Waals surface area contributed by atoms with Crippen LogP contribution in [0.15, 0.2) is 0 Å². The van der Waals surface area contributed by atoms with Gasteiger partial charge in [0.15, 0.2) is 5.25 Å². The van der Waals surface area contributed by atoms with Crippen LogP contribution in [0.5, 0.6) is 0 Å². The minimum absolute atomic E-state index is 0. The number of carbonyl (C=O) groups excluding carboxylic acids is 1. The molecule has 0 fully saturated rings. The molecule has 0 aromatic rings. The second kappa shape index (κ2) is 14.2. The quantitative estimate of drug-likeness (QED) is 0.176. The van der Waals surface area contributed by atoms with Crippen molar-refractivity contribution in [3.63, 3.8) is 0 Å². The molecule has 2 N–H and O–H groups in total. The van der Waals surface area contributed by atoms with E-state index in [1.165, 1.54) is 6.92 Å². The Hall–Kier alpha value is 0.850. The molecule has 0 rings (SSSR count). The monoisotopic (exact) mass is 358 g/mol. The molecular formula is C12H24Na2O7S. The van der Waals surface area contributed by atoms with Crippen LogP contribution in [0.3, 0.4) is 0 Å². The average Bonchev–Trinajstić information content (AvgIpc) is 2.33. The number of carboxylic acid groups (broad SMARTS) is 1. The Morgan fingerprint density at radius 3 is 2.05 bits per heavy atom. The van der Waals surface area contributed by atoms with E-state index in [2.05, 4.69) is 0 Å². The molecule has 0 aromatic carbocycles. The average molecular weight is 358 g/mol. The maximum Gasteiger partial charge on any atom is 1.00 e. The Morgan fingerprint density at radius 2 is 1.68 bits per heavy atom. The zero-order valence-corrected chi connectivity index (χ0v) is 18.6. The van der Waals surface area contributed by atoms with Crippen LogP contribution in [0.4, 0.5) is 0 Å². The van der Waals surface area contributed by atoms with E-state index in [1.54, 1.807) is 0 Å². The molecule has 2 atom stereocenters. The van der Waals surface area contributed by atoms with Gasteiger partial charge in [-0.2, -0.15) is 8.42 Å². The number of rotatable bonds is 10. The molecule has 0 heterocycles. The van der Waals surface area contributed by atoms with E-state index in [1.807, 2.05) is 6.92 Å². The third kappa shape index (κ3) is 10.6. The molecule has 0 saturated heterocycles. The van der Waals surface area contributed by atoms with Crippen molar-refractivity contribution < 1.29 is 94.4 Å². The van der Waals surface area contributed by atoms with Crippen molar-refractivity contribution in [1.82, 2.24) is 0 Å². The Morgan fingerprint density at radius 1 is 1.14 bits per heavy atom. The normalized spacial score (nSPS) is 13.2. The number of esters is 1. The first kappa shape index (κ1) is 27.7. The Balaban J connectivity index is -0.000000301. The fraction of sp³-hybridized carbons (Fsp3) is 0.833. The number of ether oxygens (including phenoxy) is 1. The summed E-state index contributed by atoms with van der Waals surface area (Å²) in [6.45, 7) is 3.45. The first-order valence-electron chi connectivity index (χ1n) is 6.61. The molecule has 7 nitrogen and oxygen atoms in total. The van der Waals surface area contributed by atoms with Gasteiger partial charge in [-0.25, -0.2) is 0 Å². The SMILES string of the molecule is CCCCCCOC(=O)C(C(CC)C(=O)O)S(=O)(=O)O.[H-].[H-].[Na+].[Na+]. The van der Waals surface area contributed by atoms with Gasteiger partial charge in [-0.1, -0.05) is 33.1 Å². The van der Waals surface area contributed by atoms with Crippen molar-refractivity contribution in [3.05, 3.63) is 0 Å². The van der Waals surface area contributed by atoms with E-state index in [-0.39, 0.29) is 75.0 Å². The summed E-state index contributed by atoms with van der Waals surface area (Å²) >= 11 is 0. The predicted molar refractivity (Wildman–Crippen MR) is 74.1 cm³/mol. The topological polar surface area (TPSA) is 118 Å².